The minimum atomic E-state index is -1.02. The summed E-state index contributed by atoms with van der Waals surface area (Å²) in [5.74, 6) is -3.63. The highest BCUT2D eigenvalue weighted by Crippen LogP contribution is 2.24. The highest BCUT2D eigenvalue weighted by atomic mass is 19.1. The minimum absolute atomic E-state index is 0.0221. The molecule has 1 rings (SSSR count). The second-order valence-electron chi connectivity index (χ2n) is 2.71. The summed E-state index contributed by atoms with van der Waals surface area (Å²) in [4.78, 5) is 11.2. The number of hydrogen-bond acceptors (Lipinski definition) is 3. The van der Waals surface area contributed by atoms with Crippen molar-refractivity contribution < 1.29 is 18.7 Å². The van der Waals surface area contributed by atoms with Crippen LogP contribution >= 0.6 is 0 Å². The Balaban J connectivity index is 3.18. The zero-order chi connectivity index (χ0) is 10.7. The molecule has 1 aromatic carbocycles. The molecule has 0 aliphatic heterocycles. The Labute approximate surface area is 79.2 Å². The lowest BCUT2D eigenvalue weighted by Crippen LogP contribution is -2.10. The van der Waals surface area contributed by atoms with Crippen LogP contribution in [-0.2, 0) is 0 Å². The first-order valence-electron chi connectivity index (χ1n) is 3.98. The summed E-state index contributed by atoms with van der Waals surface area (Å²) in [7, 11) is 0. The maximum atomic E-state index is 13.0. The summed E-state index contributed by atoms with van der Waals surface area (Å²) >= 11 is 0. The zero-order valence-corrected chi connectivity index (χ0v) is 7.26. The number of phenols is 1. The van der Waals surface area contributed by atoms with Gasteiger partial charge in [-0.1, -0.05) is 0 Å². The van der Waals surface area contributed by atoms with E-state index < -0.39 is 28.7 Å². The fourth-order valence-corrected chi connectivity index (χ4v) is 1.06. The summed E-state index contributed by atoms with van der Waals surface area (Å²) in [6.45, 7) is 0.0221. The van der Waals surface area contributed by atoms with Crippen molar-refractivity contribution in [1.82, 2.24) is 0 Å². The first-order chi connectivity index (χ1) is 6.57. The first kappa shape index (κ1) is 10.6. The van der Waals surface area contributed by atoms with Gasteiger partial charge in [0.2, 0.25) is 0 Å². The van der Waals surface area contributed by atoms with Crippen LogP contribution in [0.3, 0.4) is 0 Å². The molecule has 0 amide bonds. The number of rotatable bonds is 3. The van der Waals surface area contributed by atoms with Crippen LogP contribution in [0.5, 0.6) is 5.75 Å². The summed E-state index contributed by atoms with van der Waals surface area (Å²) in [6.07, 6.45) is -0.131. The normalized spacial score (nSPS) is 10.2. The van der Waals surface area contributed by atoms with Crippen molar-refractivity contribution in [1.29, 1.82) is 0 Å². The number of nitrogens with two attached hydrogens (primary N) is 1. The fourth-order valence-electron chi connectivity index (χ4n) is 1.06. The Hall–Kier alpha value is -1.49. The number of carbonyl (C=O) groups excluding carboxylic acids is 1. The third kappa shape index (κ3) is 1.88. The quantitative estimate of drug-likeness (QED) is 0.722. The molecule has 1 aromatic rings. The van der Waals surface area contributed by atoms with E-state index in [9.17, 15) is 13.6 Å². The number of halogens is 2. The van der Waals surface area contributed by atoms with E-state index in [1.807, 2.05) is 0 Å². The van der Waals surface area contributed by atoms with E-state index in [0.29, 0.717) is 0 Å². The van der Waals surface area contributed by atoms with E-state index >= 15 is 0 Å². The molecule has 3 nitrogen and oxygen atoms in total. The lowest BCUT2D eigenvalue weighted by atomic mass is 10.1. The van der Waals surface area contributed by atoms with Crippen molar-refractivity contribution in [2.75, 3.05) is 6.54 Å². The molecule has 14 heavy (non-hydrogen) atoms. The zero-order valence-electron chi connectivity index (χ0n) is 7.26. The van der Waals surface area contributed by atoms with Gasteiger partial charge in [0.1, 0.15) is 5.82 Å². The molecule has 0 unspecified atom stereocenters. The summed E-state index contributed by atoms with van der Waals surface area (Å²) < 4.78 is 25.8. The molecular formula is C9H9F2NO2. The molecule has 0 saturated heterocycles. The van der Waals surface area contributed by atoms with Crippen molar-refractivity contribution in [2.45, 2.75) is 6.42 Å². The second-order valence-corrected chi connectivity index (χ2v) is 2.71. The lowest BCUT2D eigenvalue weighted by Gasteiger charge is -2.04. The van der Waals surface area contributed by atoms with E-state index in [1.54, 1.807) is 0 Å². The molecular weight excluding hydrogens is 192 g/mol. The molecule has 0 fully saturated rings. The number of aromatic hydroxyl groups is 1. The SMILES string of the molecule is NCCC(=O)c1c(F)ccc(F)c1O. The standard InChI is InChI=1S/C9H9F2NO2/c10-5-1-2-6(11)9(14)8(5)7(13)3-4-12/h1-2,14H,3-4,12H2. The van der Waals surface area contributed by atoms with Gasteiger partial charge in [-0.2, -0.15) is 0 Å². The Bertz CT molecular complexity index is 366. The molecule has 0 atom stereocenters. The lowest BCUT2D eigenvalue weighted by molar-refractivity contribution is 0.0978. The van der Waals surface area contributed by atoms with Crippen LogP contribution in [0.1, 0.15) is 16.8 Å². The number of Topliss-reactive ketones (excluding diaryl/α,β-unsaturated/α-hetero) is 1. The van der Waals surface area contributed by atoms with E-state index in [0.717, 1.165) is 12.1 Å². The molecule has 5 heteroatoms. The van der Waals surface area contributed by atoms with Gasteiger partial charge in [0.25, 0.3) is 0 Å². The van der Waals surface area contributed by atoms with Gasteiger partial charge in [-0.15, -0.1) is 0 Å². The van der Waals surface area contributed by atoms with E-state index in [4.69, 9.17) is 10.8 Å². The maximum absolute atomic E-state index is 13.0. The molecule has 0 aliphatic rings. The Morgan fingerprint density at radius 2 is 1.93 bits per heavy atom. The third-order valence-electron chi connectivity index (χ3n) is 1.73. The van der Waals surface area contributed by atoms with E-state index in [-0.39, 0.29) is 13.0 Å². The minimum Gasteiger partial charge on any atom is -0.504 e. The van der Waals surface area contributed by atoms with Crippen molar-refractivity contribution in [2.24, 2.45) is 5.73 Å². The van der Waals surface area contributed by atoms with Gasteiger partial charge in [0.15, 0.2) is 17.3 Å². The average molecular weight is 201 g/mol. The molecule has 0 aromatic heterocycles. The molecule has 0 bridgehead atoms. The van der Waals surface area contributed by atoms with Crippen LogP contribution < -0.4 is 5.73 Å². The smallest absolute Gasteiger partial charge is 0.170 e. The predicted octanol–water partition coefficient (Wildman–Crippen LogP) is 1.20. The number of hydrogen-bond donors (Lipinski definition) is 2. The highest BCUT2D eigenvalue weighted by Gasteiger charge is 2.18. The average Bonchev–Trinajstić information content (AvgIpc) is 2.13. The Morgan fingerprint density at radius 3 is 2.50 bits per heavy atom. The Kier molecular flexibility index (Phi) is 3.14. The second kappa shape index (κ2) is 4.15. The van der Waals surface area contributed by atoms with Crippen LogP contribution in [0, 0.1) is 11.6 Å². The summed E-state index contributed by atoms with van der Waals surface area (Å²) in [6, 6.07) is 1.54. The number of carbonyl (C=O) groups is 1. The number of ketones is 1. The molecule has 0 radical (unpaired) electrons. The van der Waals surface area contributed by atoms with Crippen molar-refractivity contribution in [3.8, 4) is 5.75 Å². The van der Waals surface area contributed by atoms with Crippen molar-refractivity contribution >= 4 is 5.78 Å². The van der Waals surface area contributed by atoms with Gasteiger partial charge in [0.05, 0.1) is 5.56 Å². The molecule has 0 saturated carbocycles. The monoisotopic (exact) mass is 201 g/mol. The first-order valence-corrected chi connectivity index (χ1v) is 3.98. The summed E-state index contributed by atoms with van der Waals surface area (Å²) in [5.41, 5.74) is 4.46. The van der Waals surface area contributed by atoms with Gasteiger partial charge in [-0.3, -0.25) is 4.79 Å². The molecule has 3 N–H and O–H groups in total. The maximum Gasteiger partial charge on any atom is 0.170 e. The third-order valence-corrected chi connectivity index (χ3v) is 1.73. The number of phenolic OH excluding ortho intramolecular Hbond substituents is 1. The molecule has 0 spiro atoms. The Morgan fingerprint density at radius 1 is 1.36 bits per heavy atom. The number of benzene rings is 1. The van der Waals surface area contributed by atoms with Crippen LogP contribution in [-0.4, -0.2) is 17.4 Å². The van der Waals surface area contributed by atoms with Crippen molar-refractivity contribution in [3.05, 3.63) is 29.3 Å². The van der Waals surface area contributed by atoms with E-state index in [2.05, 4.69) is 0 Å². The van der Waals surface area contributed by atoms with Crippen molar-refractivity contribution in [3.63, 3.8) is 0 Å². The van der Waals surface area contributed by atoms with Crippen LogP contribution in [0.15, 0.2) is 12.1 Å². The van der Waals surface area contributed by atoms with E-state index in [1.165, 1.54) is 0 Å². The van der Waals surface area contributed by atoms with Gasteiger partial charge >= 0.3 is 0 Å². The van der Waals surface area contributed by atoms with Gasteiger partial charge in [-0.05, 0) is 18.7 Å². The van der Waals surface area contributed by atoms with Gasteiger partial charge in [-0.25, -0.2) is 8.78 Å². The summed E-state index contributed by atoms with van der Waals surface area (Å²) in [5, 5.41) is 9.10. The topological polar surface area (TPSA) is 63.3 Å². The predicted molar refractivity (Wildman–Crippen MR) is 46.0 cm³/mol. The van der Waals surface area contributed by atoms with Crippen LogP contribution in [0.2, 0.25) is 0 Å². The molecule has 0 heterocycles. The fraction of sp³-hybridized carbons (Fsp3) is 0.222. The molecule has 0 aliphatic carbocycles. The van der Waals surface area contributed by atoms with Crippen LogP contribution in [0.25, 0.3) is 0 Å². The molecule has 76 valence electrons. The van der Waals surface area contributed by atoms with Gasteiger partial charge in [0, 0.05) is 6.42 Å². The highest BCUT2D eigenvalue weighted by molar-refractivity contribution is 5.98. The largest absolute Gasteiger partial charge is 0.504 e. The van der Waals surface area contributed by atoms with Gasteiger partial charge < -0.3 is 10.8 Å². The van der Waals surface area contributed by atoms with Crippen LogP contribution in [0.4, 0.5) is 8.78 Å².